The minimum atomic E-state index is -3.92. The average Bonchev–Trinajstić information content (AvgIpc) is 2.73. The van der Waals surface area contributed by atoms with Gasteiger partial charge in [0.15, 0.2) is 5.75 Å². The zero-order valence-corrected chi connectivity index (χ0v) is 19.5. The summed E-state index contributed by atoms with van der Waals surface area (Å²) in [6.45, 7) is 5.25. The SMILES string of the molecule is CCCCc1cc(=O)oc2cc(OC(=O)C(C)NS(=O)(=O)c3ccc(C)cc3)c(Cl)cc12. The molecule has 3 rings (SSSR count). The number of carbonyl (C=O) groups is 1. The highest BCUT2D eigenvalue weighted by molar-refractivity contribution is 7.89. The molecule has 0 aliphatic carbocycles. The molecule has 32 heavy (non-hydrogen) atoms. The van der Waals surface area contributed by atoms with E-state index in [1.165, 1.54) is 31.2 Å². The molecule has 0 spiro atoms. The zero-order valence-electron chi connectivity index (χ0n) is 18.0. The molecule has 0 fully saturated rings. The Hall–Kier alpha value is -2.68. The van der Waals surface area contributed by atoms with Crippen LogP contribution in [0.25, 0.3) is 11.0 Å². The first-order valence-corrected chi connectivity index (χ1v) is 12.0. The summed E-state index contributed by atoms with van der Waals surface area (Å²) in [6, 6.07) is 9.42. The lowest BCUT2D eigenvalue weighted by molar-refractivity contribution is -0.135. The maximum atomic E-state index is 12.5. The Bertz CT molecular complexity index is 1300. The van der Waals surface area contributed by atoms with Crippen LogP contribution in [0.3, 0.4) is 0 Å². The van der Waals surface area contributed by atoms with Gasteiger partial charge in [-0.1, -0.05) is 42.6 Å². The summed E-state index contributed by atoms with van der Waals surface area (Å²) >= 11 is 6.31. The van der Waals surface area contributed by atoms with Crippen molar-refractivity contribution in [1.82, 2.24) is 4.72 Å². The van der Waals surface area contributed by atoms with Crippen molar-refractivity contribution >= 4 is 38.6 Å². The van der Waals surface area contributed by atoms with Gasteiger partial charge in [-0.15, -0.1) is 0 Å². The van der Waals surface area contributed by atoms with Gasteiger partial charge in [0.25, 0.3) is 0 Å². The molecule has 7 nitrogen and oxygen atoms in total. The van der Waals surface area contributed by atoms with E-state index < -0.39 is 27.7 Å². The van der Waals surface area contributed by atoms with E-state index in [4.69, 9.17) is 20.8 Å². The highest BCUT2D eigenvalue weighted by atomic mass is 35.5. The Balaban J connectivity index is 1.82. The summed E-state index contributed by atoms with van der Waals surface area (Å²) in [5, 5.41) is 0.807. The number of hydrogen-bond acceptors (Lipinski definition) is 6. The fourth-order valence-corrected chi connectivity index (χ4v) is 4.54. The topological polar surface area (TPSA) is 103 Å². The van der Waals surface area contributed by atoms with E-state index in [1.54, 1.807) is 18.2 Å². The molecular weight excluding hydrogens is 454 g/mol. The van der Waals surface area contributed by atoms with Crippen LogP contribution in [-0.4, -0.2) is 20.4 Å². The fourth-order valence-electron chi connectivity index (χ4n) is 3.14. The number of halogens is 1. The van der Waals surface area contributed by atoms with Crippen LogP contribution in [0.4, 0.5) is 0 Å². The van der Waals surface area contributed by atoms with Crippen molar-refractivity contribution in [3.05, 3.63) is 69.0 Å². The number of benzene rings is 2. The molecule has 0 radical (unpaired) electrons. The van der Waals surface area contributed by atoms with Gasteiger partial charge in [0.2, 0.25) is 10.0 Å². The standard InChI is InChI=1S/C23H24ClNO6S/c1-4-5-6-16-11-22(26)30-20-13-21(19(24)12-18(16)20)31-23(27)15(3)25-32(28,29)17-9-7-14(2)8-10-17/h7-13,15,25H,4-6H2,1-3H3. The van der Waals surface area contributed by atoms with E-state index in [-0.39, 0.29) is 21.3 Å². The third kappa shape index (κ3) is 5.56. The van der Waals surface area contributed by atoms with Crippen LogP contribution in [0.15, 0.2) is 56.6 Å². The fraction of sp³-hybridized carbons (Fsp3) is 0.304. The highest BCUT2D eigenvalue weighted by Crippen LogP contribution is 2.32. The van der Waals surface area contributed by atoms with Crippen molar-refractivity contribution in [3.8, 4) is 5.75 Å². The van der Waals surface area contributed by atoms with Gasteiger partial charge in [-0.25, -0.2) is 18.0 Å². The number of fused-ring (bicyclic) bond motifs is 1. The molecular formula is C23H24ClNO6S. The van der Waals surface area contributed by atoms with E-state index in [9.17, 15) is 18.0 Å². The molecule has 1 atom stereocenters. The molecule has 1 N–H and O–H groups in total. The summed E-state index contributed by atoms with van der Waals surface area (Å²) in [7, 11) is -3.92. The van der Waals surface area contributed by atoms with E-state index in [0.717, 1.165) is 24.0 Å². The van der Waals surface area contributed by atoms with Gasteiger partial charge < -0.3 is 9.15 Å². The number of carbonyl (C=O) groups excluding carboxylic acids is 1. The van der Waals surface area contributed by atoms with Gasteiger partial charge in [0.05, 0.1) is 9.92 Å². The molecule has 0 amide bonds. The maximum Gasteiger partial charge on any atom is 0.336 e. The third-order valence-electron chi connectivity index (χ3n) is 4.91. The van der Waals surface area contributed by atoms with Gasteiger partial charge >= 0.3 is 11.6 Å². The van der Waals surface area contributed by atoms with Crippen molar-refractivity contribution in [3.63, 3.8) is 0 Å². The van der Waals surface area contributed by atoms with Gasteiger partial charge in [0.1, 0.15) is 11.6 Å². The molecule has 0 saturated carbocycles. The summed E-state index contributed by atoms with van der Waals surface area (Å²) < 4.78 is 37.9. The third-order valence-corrected chi connectivity index (χ3v) is 6.76. The Kier molecular flexibility index (Phi) is 7.38. The van der Waals surface area contributed by atoms with E-state index >= 15 is 0 Å². The maximum absolute atomic E-state index is 12.5. The lowest BCUT2D eigenvalue weighted by Gasteiger charge is -2.15. The van der Waals surface area contributed by atoms with Gasteiger partial charge in [-0.2, -0.15) is 4.72 Å². The monoisotopic (exact) mass is 477 g/mol. The van der Waals surface area contributed by atoms with Gasteiger partial charge in [0, 0.05) is 17.5 Å². The molecule has 0 bridgehead atoms. The van der Waals surface area contributed by atoms with Crippen LogP contribution in [0.5, 0.6) is 5.75 Å². The Morgan fingerprint density at radius 3 is 2.53 bits per heavy atom. The number of unbranched alkanes of at least 4 members (excludes halogenated alkanes) is 1. The number of hydrogen-bond donors (Lipinski definition) is 1. The lowest BCUT2D eigenvalue weighted by Crippen LogP contribution is -2.40. The molecule has 3 aromatic rings. The molecule has 2 aromatic carbocycles. The van der Waals surface area contributed by atoms with E-state index in [1.807, 2.05) is 13.8 Å². The number of sulfonamides is 1. The van der Waals surface area contributed by atoms with E-state index in [0.29, 0.717) is 11.8 Å². The first kappa shape index (κ1) is 24.0. The predicted molar refractivity (Wildman–Crippen MR) is 123 cm³/mol. The second-order valence-corrected chi connectivity index (χ2v) is 9.67. The molecule has 0 aliphatic rings. The van der Waals surface area contributed by atoms with Crippen molar-refractivity contribution in [1.29, 1.82) is 0 Å². The molecule has 0 aliphatic heterocycles. The molecule has 170 valence electrons. The number of rotatable bonds is 8. The van der Waals surface area contributed by atoms with Crippen LogP contribution in [0.1, 0.15) is 37.8 Å². The molecule has 1 unspecified atom stereocenters. The van der Waals surface area contributed by atoms with Crippen LogP contribution in [0, 0.1) is 6.92 Å². The summed E-state index contributed by atoms with van der Waals surface area (Å²) in [4.78, 5) is 24.5. The normalized spacial score (nSPS) is 12.6. The number of ether oxygens (including phenoxy) is 1. The number of aryl methyl sites for hydroxylation is 2. The molecule has 9 heteroatoms. The van der Waals surface area contributed by atoms with Crippen LogP contribution in [-0.2, 0) is 21.2 Å². The number of esters is 1. The van der Waals surface area contributed by atoms with Gasteiger partial charge in [-0.3, -0.25) is 0 Å². The summed E-state index contributed by atoms with van der Waals surface area (Å²) in [6.07, 6.45) is 2.54. The second kappa shape index (κ2) is 9.85. The summed E-state index contributed by atoms with van der Waals surface area (Å²) in [5.74, 6) is -0.882. The van der Waals surface area contributed by atoms with Crippen LogP contribution in [0.2, 0.25) is 5.02 Å². The van der Waals surface area contributed by atoms with Crippen molar-refractivity contribution in [2.75, 3.05) is 0 Å². The summed E-state index contributed by atoms with van der Waals surface area (Å²) in [5.41, 5.74) is 1.44. The highest BCUT2D eigenvalue weighted by Gasteiger charge is 2.24. The largest absolute Gasteiger partial charge is 0.424 e. The quantitative estimate of drug-likeness (QED) is 0.293. The molecule has 1 aromatic heterocycles. The van der Waals surface area contributed by atoms with Crippen LogP contribution < -0.4 is 15.1 Å². The van der Waals surface area contributed by atoms with E-state index in [2.05, 4.69) is 4.72 Å². The Morgan fingerprint density at radius 1 is 1.19 bits per heavy atom. The zero-order chi connectivity index (χ0) is 23.5. The average molecular weight is 478 g/mol. The van der Waals surface area contributed by atoms with Crippen molar-refractivity contribution < 1.29 is 22.4 Å². The second-order valence-electron chi connectivity index (χ2n) is 7.55. The first-order valence-electron chi connectivity index (χ1n) is 10.2. The molecule has 1 heterocycles. The minimum Gasteiger partial charge on any atom is -0.424 e. The van der Waals surface area contributed by atoms with Crippen molar-refractivity contribution in [2.24, 2.45) is 0 Å². The molecule has 0 saturated heterocycles. The lowest BCUT2D eigenvalue weighted by atomic mass is 10.0. The van der Waals surface area contributed by atoms with Gasteiger partial charge in [-0.05, 0) is 50.5 Å². The Labute approximate surface area is 191 Å². The van der Waals surface area contributed by atoms with Crippen molar-refractivity contribution in [2.45, 2.75) is 51.0 Å². The minimum absolute atomic E-state index is 0.0265. The first-order chi connectivity index (χ1) is 15.1. The number of nitrogens with one attached hydrogen (secondary N) is 1. The van der Waals surface area contributed by atoms with Crippen LogP contribution >= 0.6 is 11.6 Å². The smallest absolute Gasteiger partial charge is 0.336 e. The predicted octanol–water partition coefficient (Wildman–Crippen LogP) is 4.37. The Morgan fingerprint density at radius 2 is 1.88 bits per heavy atom.